The van der Waals surface area contributed by atoms with Crippen LogP contribution in [-0.4, -0.2) is 21.0 Å². The minimum absolute atomic E-state index is 0.218. The molecular formula is C21H22N4O2. The zero-order chi connectivity index (χ0) is 19.4. The Kier molecular flexibility index (Phi) is 5.35. The summed E-state index contributed by atoms with van der Waals surface area (Å²) in [5.41, 5.74) is 3.08. The molecule has 0 spiro atoms. The molecule has 1 heterocycles. The van der Waals surface area contributed by atoms with E-state index < -0.39 is 5.97 Å². The second-order valence-electron chi connectivity index (χ2n) is 6.56. The van der Waals surface area contributed by atoms with E-state index in [1.807, 2.05) is 25.1 Å². The molecule has 0 saturated carbocycles. The molecule has 1 aromatic heterocycles. The molecule has 0 fully saturated rings. The van der Waals surface area contributed by atoms with Gasteiger partial charge in [-0.2, -0.15) is 0 Å². The number of para-hydroxylation sites is 1. The quantitative estimate of drug-likeness (QED) is 0.566. The predicted molar refractivity (Wildman–Crippen MR) is 107 cm³/mol. The number of benzene rings is 2. The normalized spacial score (nSPS) is 10.7. The first-order valence-corrected chi connectivity index (χ1v) is 8.74. The Bertz CT molecular complexity index is 970. The lowest BCUT2D eigenvalue weighted by atomic mass is 10.0. The number of carboxylic acid groups (broad SMARTS) is 1. The zero-order valence-corrected chi connectivity index (χ0v) is 15.5. The van der Waals surface area contributed by atoms with Gasteiger partial charge in [-0.25, -0.2) is 14.8 Å². The van der Waals surface area contributed by atoms with Crippen molar-refractivity contribution in [3.05, 3.63) is 71.5 Å². The van der Waals surface area contributed by atoms with Gasteiger partial charge < -0.3 is 15.7 Å². The van der Waals surface area contributed by atoms with E-state index in [0.717, 1.165) is 5.69 Å². The number of aryl methyl sites for hydroxylation is 1. The van der Waals surface area contributed by atoms with Crippen molar-refractivity contribution in [1.29, 1.82) is 0 Å². The molecule has 3 rings (SSSR count). The van der Waals surface area contributed by atoms with Crippen LogP contribution in [0.5, 0.6) is 0 Å². The smallest absolute Gasteiger partial charge is 0.335 e. The van der Waals surface area contributed by atoms with Gasteiger partial charge in [0, 0.05) is 17.4 Å². The lowest BCUT2D eigenvalue weighted by Gasteiger charge is -2.15. The van der Waals surface area contributed by atoms with Crippen LogP contribution in [0.1, 0.15) is 41.5 Å². The maximum absolute atomic E-state index is 11.1. The number of carboxylic acids is 1. The highest BCUT2D eigenvalue weighted by molar-refractivity contribution is 5.89. The van der Waals surface area contributed by atoms with Crippen molar-refractivity contribution in [3.63, 3.8) is 0 Å². The SMILES string of the molecule is Cc1nc(Nc2cccc(C(=O)O)c2)cc(Nc2ccccc2C(C)C)n1. The molecule has 0 aliphatic carbocycles. The fourth-order valence-electron chi connectivity index (χ4n) is 2.83. The number of hydrogen-bond acceptors (Lipinski definition) is 5. The third-order valence-electron chi connectivity index (χ3n) is 4.07. The van der Waals surface area contributed by atoms with Gasteiger partial charge in [0.05, 0.1) is 5.56 Å². The predicted octanol–water partition coefficient (Wildman–Crippen LogP) is 5.09. The molecule has 0 saturated heterocycles. The number of nitrogens with zero attached hydrogens (tertiary/aromatic N) is 2. The fourth-order valence-corrected chi connectivity index (χ4v) is 2.83. The van der Waals surface area contributed by atoms with E-state index in [0.29, 0.717) is 29.1 Å². The third-order valence-corrected chi connectivity index (χ3v) is 4.07. The standard InChI is InChI=1S/C21H22N4O2/c1-13(2)17-9-4-5-10-18(17)25-20-12-19(22-14(3)23-20)24-16-8-6-7-15(11-16)21(26)27/h4-13H,1-3H3,(H,26,27)(H2,22,23,24,25). The summed E-state index contributed by atoms with van der Waals surface area (Å²) in [6.07, 6.45) is 0. The summed E-state index contributed by atoms with van der Waals surface area (Å²) in [6, 6.07) is 16.5. The van der Waals surface area contributed by atoms with Crippen molar-refractivity contribution < 1.29 is 9.90 Å². The number of carbonyl (C=O) groups is 1. The second kappa shape index (κ2) is 7.86. The van der Waals surface area contributed by atoms with Crippen LogP contribution >= 0.6 is 0 Å². The average Bonchev–Trinajstić information content (AvgIpc) is 2.61. The van der Waals surface area contributed by atoms with E-state index >= 15 is 0 Å². The first-order valence-electron chi connectivity index (χ1n) is 8.74. The van der Waals surface area contributed by atoms with Crippen LogP contribution in [0, 0.1) is 6.92 Å². The van der Waals surface area contributed by atoms with E-state index in [1.165, 1.54) is 5.56 Å². The van der Waals surface area contributed by atoms with Gasteiger partial charge in [-0.1, -0.05) is 38.1 Å². The van der Waals surface area contributed by atoms with Gasteiger partial charge in [0.1, 0.15) is 17.5 Å². The van der Waals surface area contributed by atoms with E-state index in [9.17, 15) is 4.79 Å². The van der Waals surface area contributed by atoms with Gasteiger partial charge in [0.15, 0.2) is 0 Å². The Morgan fingerprint density at radius 3 is 2.37 bits per heavy atom. The number of hydrogen-bond donors (Lipinski definition) is 3. The van der Waals surface area contributed by atoms with Crippen LogP contribution in [0.25, 0.3) is 0 Å². The summed E-state index contributed by atoms with van der Waals surface area (Å²) in [5, 5.41) is 15.6. The summed E-state index contributed by atoms with van der Waals surface area (Å²) >= 11 is 0. The Labute approximate surface area is 158 Å². The van der Waals surface area contributed by atoms with Crippen LogP contribution in [0.3, 0.4) is 0 Å². The summed E-state index contributed by atoms with van der Waals surface area (Å²) < 4.78 is 0. The molecule has 0 atom stereocenters. The first kappa shape index (κ1) is 18.4. The molecule has 0 bridgehead atoms. The van der Waals surface area contributed by atoms with Gasteiger partial charge in [-0.05, 0) is 42.7 Å². The summed E-state index contributed by atoms with van der Waals surface area (Å²) in [6.45, 7) is 6.11. The maximum Gasteiger partial charge on any atom is 0.335 e. The van der Waals surface area contributed by atoms with E-state index in [2.05, 4.69) is 40.5 Å². The van der Waals surface area contributed by atoms with Crippen LogP contribution in [0.15, 0.2) is 54.6 Å². The number of aromatic carboxylic acids is 1. The third kappa shape index (κ3) is 4.61. The van der Waals surface area contributed by atoms with Crippen molar-refractivity contribution in [1.82, 2.24) is 9.97 Å². The van der Waals surface area contributed by atoms with Crippen LogP contribution in [0.4, 0.5) is 23.0 Å². The minimum Gasteiger partial charge on any atom is -0.478 e. The lowest BCUT2D eigenvalue weighted by molar-refractivity contribution is 0.0697. The van der Waals surface area contributed by atoms with Gasteiger partial charge in [0.25, 0.3) is 0 Å². The average molecular weight is 362 g/mol. The molecular weight excluding hydrogens is 340 g/mol. The zero-order valence-electron chi connectivity index (χ0n) is 15.5. The van der Waals surface area contributed by atoms with E-state index in [-0.39, 0.29) is 5.56 Å². The molecule has 0 amide bonds. The maximum atomic E-state index is 11.1. The minimum atomic E-state index is -0.967. The molecule has 6 nitrogen and oxygen atoms in total. The second-order valence-corrected chi connectivity index (χ2v) is 6.56. The molecule has 0 radical (unpaired) electrons. The Morgan fingerprint density at radius 2 is 1.67 bits per heavy atom. The van der Waals surface area contributed by atoms with Crippen LogP contribution < -0.4 is 10.6 Å². The Morgan fingerprint density at radius 1 is 0.963 bits per heavy atom. The van der Waals surface area contributed by atoms with Crippen molar-refractivity contribution >= 4 is 29.0 Å². The number of anilines is 4. The summed E-state index contributed by atoms with van der Waals surface area (Å²) in [7, 11) is 0. The van der Waals surface area contributed by atoms with Crippen molar-refractivity contribution in [3.8, 4) is 0 Å². The summed E-state index contributed by atoms with van der Waals surface area (Å²) in [5.74, 6) is 1.29. The molecule has 3 aromatic rings. The number of rotatable bonds is 6. The highest BCUT2D eigenvalue weighted by Crippen LogP contribution is 2.27. The van der Waals surface area contributed by atoms with Crippen LogP contribution in [0.2, 0.25) is 0 Å². The van der Waals surface area contributed by atoms with Crippen molar-refractivity contribution in [2.45, 2.75) is 26.7 Å². The van der Waals surface area contributed by atoms with Crippen molar-refractivity contribution in [2.24, 2.45) is 0 Å². The molecule has 6 heteroatoms. The number of nitrogens with one attached hydrogen (secondary N) is 2. The first-order chi connectivity index (χ1) is 12.9. The monoisotopic (exact) mass is 362 g/mol. The Hall–Kier alpha value is -3.41. The van der Waals surface area contributed by atoms with Gasteiger partial charge in [-0.3, -0.25) is 0 Å². The largest absolute Gasteiger partial charge is 0.478 e. The van der Waals surface area contributed by atoms with Crippen LogP contribution in [-0.2, 0) is 0 Å². The van der Waals surface area contributed by atoms with Gasteiger partial charge in [0.2, 0.25) is 0 Å². The molecule has 0 aliphatic rings. The van der Waals surface area contributed by atoms with E-state index in [1.54, 1.807) is 30.3 Å². The summed E-state index contributed by atoms with van der Waals surface area (Å²) in [4.78, 5) is 20.0. The molecule has 138 valence electrons. The highest BCUT2D eigenvalue weighted by atomic mass is 16.4. The fraction of sp³-hybridized carbons (Fsp3) is 0.190. The van der Waals surface area contributed by atoms with Gasteiger partial charge in [-0.15, -0.1) is 0 Å². The van der Waals surface area contributed by atoms with Gasteiger partial charge >= 0.3 is 5.97 Å². The molecule has 0 aliphatic heterocycles. The lowest BCUT2D eigenvalue weighted by Crippen LogP contribution is -2.04. The molecule has 27 heavy (non-hydrogen) atoms. The van der Waals surface area contributed by atoms with E-state index in [4.69, 9.17) is 5.11 Å². The Balaban J connectivity index is 1.87. The number of aromatic nitrogens is 2. The molecule has 2 aromatic carbocycles. The highest BCUT2D eigenvalue weighted by Gasteiger charge is 2.09. The van der Waals surface area contributed by atoms with Crippen molar-refractivity contribution in [2.75, 3.05) is 10.6 Å². The molecule has 3 N–H and O–H groups in total. The topological polar surface area (TPSA) is 87.1 Å². The molecule has 0 unspecified atom stereocenters.